The van der Waals surface area contributed by atoms with Crippen LogP contribution in [0.5, 0.6) is 0 Å². The lowest BCUT2D eigenvalue weighted by Gasteiger charge is -2.30. The smallest absolute Gasteiger partial charge is 0.0546 e. The van der Waals surface area contributed by atoms with Crippen molar-refractivity contribution in [3.05, 3.63) is 188 Å². The molecule has 1 heteroatoms. The molecule has 1 nitrogen and oxygen atoms in total. The summed E-state index contributed by atoms with van der Waals surface area (Å²) in [5.74, 6) is 0. The van der Waals surface area contributed by atoms with Crippen molar-refractivity contribution in [2.45, 2.75) is 0 Å². The van der Waals surface area contributed by atoms with Gasteiger partial charge in [-0.25, -0.2) is 0 Å². The Hall–Kier alpha value is -6.44. The second kappa shape index (κ2) is 11.1. The van der Waals surface area contributed by atoms with Crippen LogP contribution < -0.4 is 4.90 Å². The Morgan fingerprint density at radius 1 is 0.245 bits per heavy atom. The highest BCUT2D eigenvalue weighted by molar-refractivity contribution is 6.26. The first kappa shape index (κ1) is 27.7. The van der Waals surface area contributed by atoms with E-state index in [1.807, 2.05) is 0 Å². The molecule has 10 aromatic carbocycles. The average Bonchev–Trinajstić information content (AvgIpc) is 3.18. The normalized spacial score (nSPS) is 11.7. The van der Waals surface area contributed by atoms with E-state index in [4.69, 9.17) is 0 Å². The molecule has 0 unspecified atom stereocenters. The first-order valence-electron chi connectivity index (χ1n) is 16.9. The zero-order chi connectivity index (χ0) is 32.3. The molecule has 10 aromatic rings. The molecule has 0 bridgehead atoms. The van der Waals surface area contributed by atoms with Gasteiger partial charge in [0.05, 0.1) is 11.4 Å². The lowest BCUT2D eigenvalue weighted by atomic mass is 9.93. The minimum absolute atomic E-state index is 1.13. The van der Waals surface area contributed by atoms with Crippen molar-refractivity contribution < 1.29 is 0 Å². The Morgan fingerprint density at radius 3 is 1.43 bits per heavy atom. The second-order valence-corrected chi connectivity index (χ2v) is 12.9. The van der Waals surface area contributed by atoms with E-state index in [-0.39, 0.29) is 0 Å². The van der Waals surface area contributed by atoms with Crippen molar-refractivity contribution in [3.8, 4) is 11.1 Å². The van der Waals surface area contributed by atoms with Gasteiger partial charge in [0, 0.05) is 16.6 Å². The van der Waals surface area contributed by atoms with E-state index in [2.05, 4.69) is 193 Å². The Labute approximate surface area is 284 Å². The van der Waals surface area contributed by atoms with E-state index in [1.165, 1.54) is 75.8 Å². The van der Waals surface area contributed by atoms with Crippen LogP contribution in [0.25, 0.3) is 75.8 Å². The van der Waals surface area contributed by atoms with Crippen LogP contribution in [0.2, 0.25) is 0 Å². The summed E-state index contributed by atoms with van der Waals surface area (Å²) in [6, 6.07) is 68.9. The third kappa shape index (κ3) is 4.33. The Balaban J connectivity index is 1.34. The van der Waals surface area contributed by atoms with Crippen LogP contribution in [-0.4, -0.2) is 0 Å². The van der Waals surface area contributed by atoms with Crippen LogP contribution >= 0.6 is 0 Å². The minimum atomic E-state index is 1.13. The highest BCUT2D eigenvalue weighted by Crippen LogP contribution is 2.47. The first-order valence-corrected chi connectivity index (χ1v) is 16.9. The van der Waals surface area contributed by atoms with E-state index in [9.17, 15) is 0 Å². The van der Waals surface area contributed by atoms with Crippen molar-refractivity contribution in [2.75, 3.05) is 4.90 Å². The average molecular weight is 622 g/mol. The number of fused-ring (bicyclic) bond motifs is 10. The molecule has 0 heterocycles. The summed E-state index contributed by atoms with van der Waals surface area (Å²) in [5.41, 5.74) is 5.84. The molecule has 0 aromatic heterocycles. The van der Waals surface area contributed by atoms with E-state index in [0.29, 0.717) is 0 Å². The van der Waals surface area contributed by atoms with Gasteiger partial charge in [0.25, 0.3) is 0 Å². The molecule has 0 saturated heterocycles. The molecule has 0 aliphatic carbocycles. The summed E-state index contributed by atoms with van der Waals surface area (Å²) in [4.78, 5) is 2.50. The summed E-state index contributed by atoms with van der Waals surface area (Å²) in [5, 5.41) is 15.1. The Bertz CT molecular complexity index is 2860. The van der Waals surface area contributed by atoms with E-state index in [0.717, 1.165) is 17.1 Å². The van der Waals surface area contributed by atoms with Gasteiger partial charge < -0.3 is 4.90 Å². The minimum Gasteiger partial charge on any atom is -0.309 e. The van der Waals surface area contributed by atoms with Crippen LogP contribution in [0.4, 0.5) is 17.1 Å². The summed E-state index contributed by atoms with van der Waals surface area (Å²) in [7, 11) is 0. The third-order valence-corrected chi connectivity index (χ3v) is 10.2. The Kier molecular flexibility index (Phi) is 6.25. The Morgan fingerprint density at radius 2 is 0.714 bits per heavy atom. The van der Waals surface area contributed by atoms with Gasteiger partial charge in [0.2, 0.25) is 0 Å². The lowest BCUT2D eigenvalue weighted by Crippen LogP contribution is -2.12. The number of rotatable bonds is 4. The van der Waals surface area contributed by atoms with Gasteiger partial charge in [-0.05, 0) is 89.1 Å². The van der Waals surface area contributed by atoms with Gasteiger partial charge in [0.1, 0.15) is 0 Å². The molecular weight excluding hydrogens is 591 g/mol. The maximum Gasteiger partial charge on any atom is 0.0546 e. The van der Waals surface area contributed by atoms with Crippen LogP contribution in [0.1, 0.15) is 0 Å². The predicted octanol–water partition coefficient (Wildman–Crippen LogP) is 13.7. The molecule has 0 fully saturated rings. The fraction of sp³-hybridized carbons (Fsp3) is 0. The molecular formula is C48H31N. The number of nitrogens with zero attached hydrogens (tertiary/aromatic N) is 1. The van der Waals surface area contributed by atoms with E-state index >= 15 is 0 Å². The maximum absolute atomic E-state index is 2.50. The number of para-hydroxylation sites is 1. The number of hydrogen-bond acceptors (Lipinski definition) is 1. The third-order valence-electron chi connectivity index (χ3n) is 10.2. The predicted molar refractivity (Wildman–Crippen MR) is 212 cm³/mol. The van der Waals surface area contributed by atoms with Crippen molar-refractivity contribution >= 4 is 81.7 Å². The number of benzene rings is 10. The summed E-state index contributed by atoms with van der Waals surface area (Å²) in [6.07, 6.45) is 0. The summed E-state index contributed by atoms with van der Waals surface area (Å²) >= 11 is 0. The van der Waals surface area contributed by atoms with Gasteiger partial charge in [0.15, 0.2) is 0 Å². The molecule has 0 atom stereocenters. The van der Waals surface area contributed by atoms with Crippen molar-refractivity contribution in [3.63, 3.8) is 0 Å². The molecule has 0 spiro atoms. The van der Waals surface area contributed by atoms with Crippen molar-refractivity contribution in [1.82, 2.24) is 0 Å². The molecule has 0 amide bonds. The van der Waals surface area contributed by atoms with Crippen LogP contribution in [0, 0.1) is 0 Å². The number of hydrogen-bond donors (Lipinski definition) is 0. The highest BCUT2D eigenvalue weighted by Gasteiger charge is 2.22. The second-order valence-electron chi connectivity index (χ2n) is 12.9. The fourth-order valence-corrected chi connectivity index (χ4v) is 8.02. The van der Waals surface area contributed by atoms with Gasteiger partial charge in [-0.2, -0.15) is 0 Å². The topological polar surface area (TPSA) is 3.24 Å². The fourth-order valence-electron chi connectivity index (χ4n) is 8.02. The maximum atomic E-state index is 2.50. The van der Waals surface area contributed by atoms with Gasteiger partial charge in [-0.3, -0.25) is 0 Å². The van der Waals surface area contributed by atoms with Crippen LogP contribution in [0.15, 0.2) is 188 Å². The zero-order valence-corrected chi connectivity index (χ0v) is 26.8. The molecule has 10 rings (SSSR count). The molecule has 0 aliphatic rings. The van der Waals surface area contributed by atoms with Gasteiger partial charge >= 0.3 is 0 Å². The van der Waals surface area contributed by atoms with Gasteiger partial charge in [-0.15, -0.1) is 0 Å². The molecule has 0 N–H and O–H groups in total. The summed E-state index contributed by atoms with van der Waals surface area (Å²) < 4.78 is 0. The van der Waals surface area contributed by atoms with Crippen LogP contribution in [-0.2, 0) is 0 Å². The number of anilines is 3. The molecule has 0 radical (unpaired) electrons. The quantitative estimate of drug-likeness (QED) is 0.177. The SMILES string of the molecule is c1ccc(N(c2ccc3c4ccccc4c4ccccc4c3c2)c2cc3ccccc3c3ccccc23)c(-c2cccc3ccccc23)c1. The van der Waals surface area contributed by atoms with Crippen molar-refractivity contribution in [1.29, 1.82) is 0 Å². The largest absolute Gasteiger partial charge is 0.309 e. The standard InChI is InChI=1S/C48H31N/c1-3-17-35-32(14-1)16-13-26-38(35)44-24-11-12-27-47(44)49(48-30-33-15-2-4-18-36(33)37-19-9-10-25-45(37)48)34-28-29-43-41-22-6-5-20-39(41)40-21-7-8-23-42(40)46(43)31-34/h1-31H. The van der Waals surface area contributed by atoms with E-state index < -0.39 is 0 Å². The first-order chi connectivity index (χ1) is 24.3. The lowest BCUT2D eigenvalue weighted by molar-refractivity contribution is 1.31. The van der Waals surface area contributed by atoms with E-state index in [1.54, 1.807) is 0 Å². The van der Waals surface area contributed by atoms with Crippen molar-refractivity contribution in [2.24, 2.45) is 0 Å². The monoisotopic (exact) mass is 621 g/mol. The molecule has 0 aliphatic heterocycles. The molecule has 228 valence electrons. The molecule has 49 heavy (non-hydrogen) atoms. The highest BCUT2D eigenvalue weighted by atomic mass is 15.1. The van der Waals surface area contributed by atoms with Gasteiger partial charge in [-0.1, -0.05) is 164 Å². The molecule has 0 saturated carbocycles. The summed E-state index contributed by atoms with van der Waals surface area (Å²) in [6.45, 7) is 0. The van der Waals surface area contributed by atoms with Crippen LogP contribution in [0.3, 0.4) is 0 Å². The zero-order valence-electron chi connectivity index (χ0n) is 26.8.